The van der Waals surface area contributed by atoms with Gasteiger partial charge < -0.3 is 29.5 Å². The number of nitrogens with zero attached hydrogens (tertiary/aromatic N) is 3. The van der Waals surface area contributed by atoms with Gasteiger partial charge in [0.05, 0.1) is 26.0 Å². The van der Waals surface area contributed by atoms with Crippen LogP contribution in [0.1, 0.15) is 11.9 Å². The van der Waals surface area contributed by atoms with Gasteiger partial charge in [-0.05, 0) is 35.4 Å². The number of rotatable bonds is 8. The van der Waals surface area contributed by atoms with Gasteiger partial charge in [-0.1, -0.05) is 12.1 Å². The Hall–Kier alpha value is -3.16. The lowest BCUT2D eigenvalue weighted by molar-refractivity contribution is -0.0548. The summed E-state index contributed by atoms with van der Waals surface area (Å²) in [5.41, 5.74) is 0.630. The number of phosphoric acid groups is 1. The molecule has 0 spiro atoms. The average Bonchev–Trinajstić information content (AvgIpc) is 3.14. The second kappa shape index (κ2) is 10.4. The normalized spacial score (nSPS) is 22.0. The quantitative estimate of drug-likeness (QED) is 0.289. The summed E-state index contributed by atoms with van der Waals surface area (Å²) in [6.07, 6.45) is -3.33. The zero-order valence-electron chi connectivity index (χ0n) is 18.9. The molecule has 3 aromatic rings. The van der Waals surface area contributed by atoms with Crippen molar-refractivity contribution in [3.8, 4) is 16.9 Å². The van der Waals surface area contributed by atoms with Gasteiger partial charge in [-0.3, -0.25) is 23.4 Å². The molecule has 1 saturated heterocycles. The minimum absolute atomic E-state index is 0.182. The number of ether oxygens (including phenoxy) is 2. The number of aliphatic hydroxyl groups excluding tert-OH is 2. The predicted molar refractivity (Wildman–Crippen MR) is 124 cm³/mol. The first-order chi connectivity index (χ1) is 17.1. The molecule has 2 aromatic heterocycles. The SMILES string of the molecule is COc1ccc(-c2ccnc(Cn3c(=O)ccn([C@@H]4O[C@H](COP(=O)(O)O)C(O)C4O)c3=O)c2)cc1. The molecule has 1 aromatic carbocycles. The topological polar surface area (TPSA) is 183 Å². The third kappa shape index (κ3) is 5.63. The largest absolute Gasteiger partial charge is 0.497 e. The maximum Gasteiger partial charge on any atom is 0.469 e. The first kappa shape index (κ1) is 25.9. The van der Waals surface area contributed by atoms with Gasteiger partial charge in [-0.2, -0.15) is 0 Å². The standard InChI is InChI=1S/C22H24N3O10P/c1-33-16-4-2-13(3-5-16)14-6-8-23-15(10-14)11-25-18(26)7-9-24(22(25)29)21-20(28)19(27)17(35-21)12-34-36(30,31)32/h2-10,17,19-21,27-28H,11-12H2,1H3,(H2,30,31,32)/t17-,19?,20?,21-/m1/s1. The summed E-state index contributed by atoms with van der Waals surface area (Å²) in [6.45, 7) is -0.909. The Morgan fingerprint density at radius 1 is 1.06 bits per heavy atom. The van der Waals surface area contributed by atoms with Crippen LogP contribution in [0.15, 0.2) is 64.4 Å². The van der Waals surface area contributed by atoms with E-state index in [1.807, 2.05) is 12.1 Å². The van der Waals surface area contributed by atoms with Crippen LogP contribution in [0.25, 0.3) is 11.1 Å². The zero-order chi connectivity index (χ0) is 26.0. The molecule has 2 unspecified atom stereocenters. The van der Waals surface area contributed by atoms with Crippen molar-refractivity contribution in [1.82, 2.24) is 14.1 Å². The molecule has 0 amide bonds. The van der Waals surface area contributed by atoms with Crippen LogP contribution in [0, 0.1) is 0 Å². The highest BCUT2D eigenvalue weighted by atomic mass is 31.2. The number of hydrogen-bond donors (Lipinski definition) is 4. The fourth-order valence-electron chi connectivity index (χ4n) is 3.83. The Bertz CT molecular complexity index is 1380. The van der Waals surface area contributed by atoms with Crippen molar-refractivity contribution in [2.45, 2.75) is 31.1 Å². The molecule has 36 heavy (non-hydrogen) atoms. The molecule has 1 aliphatic heterocycles. The molecule has 1 fully saturated rings. The highest BCUT2D eigenvalue weighted by Gasteiger charge is 2.45. The molecule has 192 valence electrons. The van der Waals surface area contributed by atoms with Gasteiger partial charge in [0.2, 0.25) is 0 Å². The summed E-state index contributed by atoms with van der Waals surface area (Å²) in [5.74, 6) is 0.696. The summed E-state index contributed by atoms with van der Waals surface area (Å²) >= 11 is 0. The maximum absolute atomic E-state index is 13.1. The molecule has 4 rings (SSSR count). The van der Waals surface area contributed by atoms with Crippen molar-refractivity contribution in [3.63, 3.8) is 0 Å². The fraction of sp³-hybridized carbons (Fsp3) is 0.318. The molecule has 4 N–H and O–H groups in total. The molecule has 14 heteroatoms. The maximum atomic E-state index is 13.1. The van der Waals surface area contributed by atoms with Crippen molar-refractivity contribution in [3.05, 3.63) is 81.4 Å². The van der Waals surface area contributed by atoms with Crippen molar-refractivity contribution in [2.24, 2.45) is 0 Å². The van der Waals surface area contributed by atoms with E-state index in [0.29, 0.717) is 11.4 Å². The van der Waals surface area contributed by atoms with E-state index in [1.165, 1.54) is 0 Å². The van der Waals surface area contributed by atoms with E-state index < -0.39 is 50.2 Å². The van der Waals surface area contributed by atoms with E-state index in [0.717, 1.165) is 32.5 Å². The van der Waals surface area contributed by atoms with Crippen LogP contribution in [0.3, 0.4) is 0 Å². The number of phosphoric ester groups is 1. The molecule has 3 heterocycles. The second-order valence-electron chi connectivity index (χ2n) is 8.03. The van der Waals surface area contributed by atoms with Gasteiger partial charge in [0.15, 0.2) is 6.23 Å². The molecule has 0 radical (unpaired) electrons. The Morgan fingerprint density at radius 2 is 1.78 bits per heavy atom. The van der Waals surface area contributed by atoms with Crippen LogP contribution in [-0.4, -0.2) is 66.1 Å². The average molecular weight is 521 g/mol. The minimum Gasteiger partial charge on any atom is -0.497 e. The van der Waals surface area contributed by atoms with Gasteiger partial charge in [0.1, 0.15) is 24.1 Å². The predicted octanol–water partition coefficient (Wildman–Crippen LogP) is -0.143. The third-order valence-corrected chi connectivity index (χ3v) is 6.16. The van der Waals surface area contributed by atoms with Crippen molar-refractivity contribution < 1.29 is 38.6 Å². The van der Waals surface area contributed by atoms with Crippen molar-refractivity contribution in [2.75, 3.05) is 13.7 Å². The number of hydrogen-bond acceptors (Lipinski definition) is 9. The van der Waals surface area contributed by atoms with Gasteiger partial charge >= 0.3 is 13.5 Å². The lowest BCUT2D eigenvalue weighted by Crippen LogP contribution is -2.43. The van der Waals surface area contributed by atoms with Gasteiger partial charge in [0.25, 0.3) is 5.56 Å². The Morgan fingerprint density at radius 3 is 2.44 bits per heavy atom. The smallest absolute Gasteiger partial charge is 0.469 e. The Labute approximate surface area is 204 Å². The summed E-state index contributed by atoms with van der Waals surface area (Å²) in [7, 11) is -3.28. The molecule has 4 atom stereocenters. The lowest BCUT2D eigenvalue weighted by Gasteiger charge is -2.18. The highest BCUT2D eigenvalue weighted by Crippen LogP contribution is 2.38. The van der Waals surface area contributed by atoms with E-state index in [9.17, 15) is 24.4 Å². The molecule has 0 saturated carbocycles. The fourth-order valence-corrected chi connectivity index (χ4v) is 4.17. The van der Waals surface area contributed by atoms with Gasteiger partial charge in [-0.25, -0.2) is 9.36 Å². The molecule has 0 aliphatic carbocycles. The van der Waals surface area contributed by atoms with E-state index in [2.05, 4.69) is 9.51 Å². The van der Waals surface area contributed by atoms with Crippen LogP contribution in [0.2, 0.25) is 0 Å². The summed E-state index contributed by atoms with van der Waals surface area (Å²) in [6, 6.07) is 11.9. The summed E-state index contributed by atoms with van der Waals surface area (Å²) < 4.78 is 27.7. The van der Waals surface area contributed by atoms with E-state index in [4.69, 9.17) is 19.3 Å². The molecule has 0 bridgehead atoms. The monoisotopic (exact) mass is 521 g/mol. The zero-order valence-corrected chi connectivity index (χ0v) is 19.8. The van der Waals surface area contributed by atoms with Crippen molar-refractivity contribution >= 4 is 7.82 Å². The van der Waals surface area contributed by atoms with Gasteiger partial charge in [-0.15, -0.1) is 0 Å². The second-order valence-corrected chi connectivity index (χ2v) is 9.27. The Balaban J connectivity index is 1.59. The minimum atomic E-state index is -4.85. The van der Waals surface area contributed by atoms with Crippen LogP contribution in [-0.2, 0) is 20.4 Å². The van der Waals surface area contributed by atoms with Crippen molar-refractivity contribution in [1.29, 1.82) is 0 Å². The number of methoxy groups -OCH3 is 1. The Kier molecular flexibility index (Phi) is 7.52. The van der Waals surface area contributed by atoms with E-state index in [-0.39, 0.29) is 6.54 Å². The number of benzene rings is 1. The van der Waals surface area contributed by atoms with E-state index in [1.54, 1.807) is 37.6 Å². The molecular formula is C22H24N3O10P. The molecule has 13 nitrogen and oxygen atoms in total. The first-order valence-electron chi connectivity index (χ1n) is 10.7. The number of aromatic nitrogens is 3. The van der Waals surface area contributed by atoms with Crippen LogP contribution in [0.5, 0.6) is 5.75 Å². The molecular weight excluding hydrogens is 497 g/mol. The van der Waals surface area contributed by atoms with Gasteiger partial charge in [0, 0.05) is 18.5 Å². The number of pyridine rings is 1. The first-order valence-corrected chi connectivity index (χ1v) is 12.2. The highest BCUT2D eigenvalue weighted by molar-refractivity contribution is 7.46. The summed E-state index contributed by atoms with van der Waals surface area (Å²) in [5, 5.41) is 20.6. The lowest BCUT2D eigenvalue weighted by atomic mass is 10.1. The number of aliphatic hydroxyl groups is 2. The molecule has 1 aliphatic rings. The summed E-state index contributed by atoms with van der Waals surface area (Å²) in [4.78, 5) is 47.6. The van der Waals surface area contributed by atoms with Crippen LogP contribution < -0.4 is 16.0 Å². The van der Waals surface area contributed by atoms with Crippen LogP contribution >= 0.6 is 7.82 Å². The van der Waals surface area contributed by atoms with E-state index >= 15 is 0 Å². The third-order valence-electron chi connectivity index (χ3n) is 5.67. The van der Waals surface area contributed by atoms with Crippen LogP contribution in [0.4, 0.5) is 0 Å².